The van der Waals surface area contributed by atoms with Gasteiger partial charge in [-0.15, -0.1) is 0 Å². The van der Waals surface area contributed by atoms with Crippen molar-refractivity contribution in [2.45, 2.75) is 6.18 Å². The Labute approximate surface area is 182 Å². The number of rotatable bonds is 4. The van der Waals surface area contributed by atoms with Crippen LogP contribution in [0, 0.1) is 5.82 Å². The third-order valence-corrected chi connectivity index (χ3v) is 4.52. The van der Waals surface area contributed by atoms with Crippen LogP contribution < -0.4 is 10.1 Å². The van der Waals surface area contributed by atoms with E-state index in [2.05, 4.69) is 20.3 Å². The molecule has 1 N–H and O–H groups in total. The van der Waals surface area contributed by atoms with Crippen molar-refractivity contribution < 1.29 is 27.1 Å². The van der Waals surface area contributed by atoms with E-state index in [1.54, 1.807) is 24.3 Å². The number of benzene rings is 2. The highest BCUT2D eigenvalue weighted by atomic mass is 35.5. The second-order valence-corrected chi connectivity index (χ2v) is 6.86. The average molecular weight is 463 g/mol. The lowest BCUT2D eigenvalue weighted by Crippen LogP contribution is -2.15. The minimum absolute atomic E-state index is 0.0305. The van der Waals surface area contributed by atoms with Crippen molar-refractivity contribution in [3.05, 3.63) is 83.3 Å². The third-order valence-electron chi connectivity index (χ3n) is 4.31. The molecule has 162 valence electrons. The summed E-state index contributed by atoms with van der Waals surface area (Å²) in [6, 6.07) is 10.0. The van der Waals surface area contributed by atoms with Gasteiger partial charge in [-0.05, 0) is 47.9 Å². The molecule has 0 aliphatic carbocycles. The summed E-state index contributed by atoms with van der Waals surface area (Å²) in [5.74, 6) is -1.57. The van der Waals surface area contributed by atoms with Gasteiger partial charge in [0.15, 0.2) is 0 Å². The zero-order valence-electron chi connectivity index (χ0n) is 15.8. The topological polar surface area (TPSA) is 77.0 Å². The van der Waals surface area contributed by atoms with Crippen LogP contribution in [0.25, 0.3) is 10.8 Å². The minimum Gasteiger partial charge on any atom is -0.439 e. The fraction of sp³-hybridized carbons (Fsp3) is 0.0476. The smallest absolute Gasteiger partial charge is 0.419 e. The van der Waals surface area contributed by atoms with Gasteiger partial charge in [-0.25, -0.2) is 14.4 Å². The average Bonchev–Trinajstić information content (AvgIpc) is 2.73. The molecule has 0 bridgehead atoms. The van der Waals surface area contributed by atoms with Crippen LogP contribution in [0.2, 0.25) is 5.15 Å². The molecule has 32 heavy (non-hydrogen) atoms. The van der Waals surface area contributed by atoms with Crippen molar-refractivity contribution >= 4 is 34.0 Å². The molecule has 11 heteroatoms. The molecule has 0 unspecified atom stereocenters. The van der Waals surface area contributed by atoms with E-state index in [9.17, 15) is 22.4 Å². The standard InChI is InChI=1S/C21H11ClF4N4O2/c22-17-9-18(29-10-28-17)32-13-2-3-14-11(7-13)5-6-27-19(14)20(31)30-12-1-4-16(23)15(8-12)21(24,25)26/h1-10H,(H,30,31). The van der Waals surface area contributed by atoms with Crippen molar-refractivity contribution in [2.75, 3.05) is 5.32 Å². The number of aromatic nitrogens is 3. The number of ether oxygens (including phenoxy) is 1. The van der Waals surface area contributed by atoms with Crippen LogP contribution in [0.5, 0.6) is 11.6 Å². The first-order chi connectivity index (χ1) is 15.2. The summed E-state index contributed by atoms with van der Waals surface area (Å²) in [7, 11) is 0. The molecule has 4 aromatic rings. The zero-order valence-corrected chi connectivity index (χ0v) is 16.6. The van der Waals surface area contributed by atoms with Crippen LogP contribution in [-0.4, -0.2) is 20.9 Å². The number of pyridine rings is 1. The molecule has 2 heterocycles. The van der Waals surface area contributed by atoms with Crippen molar-refractivity contribution in [1.29, 1.82) is 0 Å². The van der Waals surface area contributed by atoms with Crippen LogP contribution >= 0.6 is 11.6 Å². The molecule has 2 aromatic carbocycles. The zero-order chi connectivity index (χ0) is 22.9. The van der Waals surface area contributed by atoms with Gasteiger partial charge in [0.05, 0.1) is 5.56 Å². The Morgan fingerprint density at radius 3 is 2.56 bits per heavy atom. The molecule has 1 amide bonds. The number of anilines is 1. The number of carbonyl (C=O) groups excluding carboxylic acids is 1. The number of hydrogen-bond donors (Lipinski definition) is 1. The van der Waals surface area contributed by atoms with Gasteiger partial charge in [-0.2, -0.15) is 13.2 Å². The number of hydrogen-bond acceptors (Lipinski definition) is 5. The molecular weight excluding hydrogens is 452 g/mol. The maximum absolute atomic E-state index is 13.5. The van der Waals surface area contributed by atoms with Gasteiger partial charge in [-0.1, -0.05) is 11.6 Å². The Bertz CT molecular complexity index is 1330. The Morgan fingerprint density at radius 1 is 1.00 bits per heavy atom. The van der Waals surface area contributed by atoms with Gasteiger partial charge in [0, 0.05) is 23.3 Å². The lowest BCUT2D eigenvalue weighted by atomic mass is 10.1. The van der Waals surface area contributed by atoms with E-state index in [1.807, 2.05) is 0 Å². The fourth-order valence-electron chi connectivity index (χ4n) is 2.90. The highest BCUT2D eigenvalue weighted by molar-refractivity contribution is 6.29. The molecule has 6 nitrogen and oxygen atoms in total. The Kier molecular flexibility index (Phi) is 5.62. The highest BCUT2D eigenvalue weighted by Crippen LogP contribution is 2.33. The van der Waals surface area contributed by atoms with Gasteiger partial charge >= 0.3 is 6.18 Å². The maximum Gasteiger partial charge on any atom is 0.419 e. The van der Waals surface area contributed by atoms with E-state index in [1.165, 1.54) is 18.6 Å². The second kappa shape index (κ2) is 8.39. The maximum atomic E-state index is 13.5. The predicted octanol–water partition coefficient (Wildman–Crippen LogP) is 5.88. The predicted molar refractivity (Wildman–Crippen MR) is 108 cm³/mol. The molecule has 0 saturated heterocycles. The molecule has 2 aromatic heterocycles. The van der Waals surface area contributed by atoms with E-state index >= 15 is 0 Å². The van der Waals surface area contributed by atoms with E-state index in [4.69, 9.17) is 16.3 Å². The monoisotopic (exact) mass is 462 g/mol. The lowest BCUT2D eigenvalue weighted by Gasteiger charge is -2.12. The first-order valence-electron chi connectivity index (χ1n) is 8.93. The molecule has 0 spiro atoms. The molecule has 4 rings (SSSR count). The van der Waals surface area contributed by atoms with Crippen molar-refractivity contribution in [2.24, 2.45) is 0 Å². The number of halogens is 5. The minimum atomic E-state index is -4.90. The highest BCUT2D eigenvalue weighted by Gasteiger charge is 2.34. The lowest BCUT2D eigenvalue weighted by molar-refractivity contribution is -0.139. The number of amides is 1. The number of alkyl halides is 3. The van der Waals surface area contributed by atoms with Crippen molar-refractivity contribution in [3.8, 4) is 11.6 Å². The largest absolute Gasteiger partial charge is 0.439 e. The summed E-state index contributed by atoms with van der Waals surface area (Å²) in [4.78, 5) is 24.4. The molecule has 0 aliphatic heterocycles. The molecule has 0 radical (unpaired) electrons. The number of nitrogens with zero attached hydrogens (tertiary/aromatic N) is 3. The van der Waals surface area contributed by atoms with Gasteiger partial charge in [0.25, 0.3) is 5.91 Å². The van der Waals surface area contributed by atoms with Gasteiger partial charge < -0.3 is 10.1 Å². The summed E-state index contributed by atoms with van der Waals surface area (Å²) in [5, 5.41) is 3.53. The number of fused-ring (bicyclic) bond motifs is 1. The van der Waals surface area contributed by atoms with E-state index < -0.39 is 23.5 Å². The van der Waals surface area contributed by atoms with Crippen LogP contribution in [0.1, 0.15) is 16.1 Å². The second-order valence-electron chi connectivity index (χ2n) is 6.47. The third kappa shape index (κ3) is 4.59. The van der Waals surface area contributed by atoms with Crippen molar-refractivity contribution in [3.63, 3.8) is 0 Å². The normalized spacial score (nSPS) is 11.4. The Morgan fingerprint density at radius 2 is 1.81 bits per heavy atom. The Balaban J connectivity index is 1.61. The van der Waals surface area contributed by atoms with Gasteiger partial charge in [0.2, 0.25) is 5.88 Å². The van der Waals surface area contributed by atoms with Crippen LogP contribution in [0.15, 0.2) is 61.1 Å². The number of nitrogens with one attached hydrogen (secondary N) is 1. The molecule has 0 saturated carbocycles. The van der Waals surface area contributed by atoms with Crippen LogP contribution in [0.3, 0.4) is 0 Å². The van der Waals surface area contributed by atoms with Crippen LogP contribution in [0.4, 0.5) is 23.2 Å². The molecular formula is C21H11ClF4N4O2. The Hall–Kier alpha value is -3.79. The van der Waals surface area contributed by atoms with Crippen molar-refractivity contribution in [1.82, 2.24) is 15.0 Å². The summed E-state index contributed by atoms with van der Waals surface area (Å²) >= 11 is 5.80. The summed E-state index contributed by atoms with van der Waals surface area (Å²) in [6.45, 7) is 0. The fourth-order valence-corrected chi connectivity index (χ4v) is 3.04. The first kappa shape index (κ1) is 21.4. The first-order valence-corrected chi connectivity index (χ1v) is 9.31. The number of carbonyl (C=O) groups is 1. The molecule has 0 aliphatic rings. The van der Waals surface area contributed by atoms with E-state index in [0.29, 0.717) is 28.7 Å². The summed E-state index contributed by atoms with van der Waals surface area (Å²) in [6.07, 6.45) is -2.29. The molecule has 0 atom stereocenters. The SMILES string of the molecule is O=C(Nc1ccc(F)c(C(F)(F)F)c1)c1nccc2cc(Oc3cc(Cl)ncn3)ccc12. The van der Waals surface area contributed by atoms with E-state index in [-0.39, 0.29) is 22.4 Å². The van der Waals surface area contributed by atoms with Crippen LogP contribution in [-0.2, 0) is 6.18 Å². The van der Waals surface area contributed by atoms with E-state index in [0.717, 1.165) is 6.07 Å². The quantitative estimate of drug-likeness (QED) is 0.303. The molecule has 0 fully saturated rings. The summed E-state index contributed by atoms with van der Waals surface area (Å²) in [5.41, 5.74) is -1.73. The van der Waals surface area contributed by atoms with Gasteiger partial charge in [-0.3, -0.25) is 9.78 Å². The van der Waals surface area contributed by atoms with Gasteiger partial charge in [0.1, 0.15) is 28.7 Å². The summed E-state index contributed by atoms with van der Waals surface area (Å²) < 4.78 is 57.9.